The van der Waals surface area contributed by atoms with E-state index in [9.17, 15) is 4.79 Å². The number of hydrogen-bond donors (Lipinski definition) is 2. The second kappa shape index (κ2) is 6.70. The zero-order valence-electron chi connectivity index (χ0n) is 11.3. The van der Waals surface area contributed by atoms with Gasteiger partial charge in [0.05, 0.1) is 0 Å². The number of carboxylic acids is 1. The van der Waals surface area contributed by atoms with E-state index in [1.807, 2.05) is 31.2 Å². The van der Waals surface area contributed by atoms with Crippen molar-refractivity contribution >= 4 is 38.5 Å². The highest BCUT2D eigenvalue weighted by atomic mass is 79.9. The van der Waals surface area contributed by atoms with Gasteiger partial charge in [-0.3, -0.25) is 4.79 Å². The molecule has 5 heteroatoms. The summed E-state index contributed by atoms with van der Waals surface area (Å²) in [6.07, 6.45) is 3.45. The van der Waals surface area contributed by atoms with Crippen molar-refractivity contribution in [2.45, 2.75) is 32.2 Å². The molecule has 1 aromatic heterocycles. The lowest BCUT2D eigenvalue weighted by Crippen LogP contribution is -2.16. The summed E-state index contributed by atoms with van der Waals surface area (Å²) in [6.45, 7) is 2.04. The SMILES string of the molecule is CC(CCCC(=O)O)Nc1nccc2c(Br)cccc12. The molecule has 106 valence electrons. The number of nitrogens with one attached hydrogen (secondary N) is 1. The maximum Gasteiger partial charge on any atom is 0.303 e. The highest BCUT2D eigenvalue weighted by Gasteiger charge is 2.08. The highest BCUT2D eigenvalue weighted by molar-refractivity contribution is 9.10. The molecule has 2 rings (SSSR count). The summed E-state index contributed by atoms with van der Waals surface area (Å²) >= 11 is 3.53. The maximum atomic E-state index is 10.5. The monoisotopic (exact) mass is 336 g/mol. The summed E-state index contributed by atoms with van der Waals surface area (Å²) in [5.74, 6) is 0.0936. The third-order valence-electron chi connectivity index (χ3n) is 3.16. The van der Waals surface area contributed by atoms with Gasteiger partial charge >= 0.3 is 5.97 Å². The minimum absolute atomic E-state index is 0.187. The Morgan fingerprint density at radius 3 is 2.95 bits per heavy atom. The van der Waals surface area contributed by atoms with E-state index >= 15 is 0 Å². The fraction of sp³-hybridized carbons (Fsp3) is 0.333. The molecule has 1 unspecified atom stereocenters. The fourth-order valence-electron chi connectivity index (χ4n) is 2.15. The van der Waals surface area contributed by atoms with Gasteiger partial charge in [0.1, 0.15) is 5.82 Å². The van der Waals surface area contributed by atoms with Crippen LogP contribution in [-0.2, 0) is 4.79 Å². The van der Waals surface area contributed by atoms with Gasteiger partial charge in [-0.05, 0) is 31.9 Å². The quantitative estimate of drug-likeness (QED) is 0.835. The molecule has 1 heterocycles. The van der Waals surface area contributed by atoms with Gasteiger partial charge in [0.25, 0.3) is 0 Å². The number of hydrogen-bond acceptors (Lipinski definition) is 3. The van der Waals surface area contributed by atoms with Gasteiger partial charge in [-0.25, -0.2) is 4.98 Å². The zero-order chi connectivity index (χ0) is 14.5. The number of benzene rings is 1. The maximum absolute atomic E-state index is 10.5. The number of aliphatic carboxylic acids is 1. The molecule has 0 aliphatic rings. The molecule has 0 saturated heterocycles. The third kappa shape index (κ3) is 3.70. The highest BCUT2D eigenvalue weighted by Crippen LogP contribution is 2.28. The molecule has 0 fully saturated rings. The summed E-state index contributed by atoms with van der Waals surface area (Å²) in [7, 11) is 0. The van der Waals surface area contributed by atoms with Crippen LogP contribution < -0.4 is 5.32 Å². The predicted octanol–water partition coefficient (Wildman–Crippen LogP) is 4.05. The molecule has 0 radical (unpaired) electrons. The van der Waals surface area contributed by atoms with Crippen LogP contribution in [0.4, 0.5) is 5.82 Å². The van der Waals surface area contributed by atoms with Gasteiger partial charge in [0.15, 0.2) is 0 Å². The first-order chi connectivity index (χ1) is 9.58. The van der Waals surface area contributed by atoms with Crippen LogP contribution in [0.5, 0.6) is 0 Å². The lowest BCUT2D eigenvalue weighted by molar-refractivity contribution is -0.137. The van der Waals surface area contributed by atoms with Crippen molar-refractivity contribution in [2.24, 2.45) is 0 Å². The molecule has 0 saturated carbocycles. The van der Waals surface area contributed by atoms with E-state index in [1.165, 1.54) is 0 Å². The average molecular weight is 337 g/mol. The average Bonchev–Trinajstić information content (AvgIpc) is 2.39. The first kappa shape index (κ1) is 14.8. The number of anilines is 1. The molecule has 0 aliphatic heterocycles. The van der Waals surface area contributed by atoms with Crippen molar-refractivity contribution in [1.82, 2.24) is 4.98 Å². The number of aromatic nitrogens is 1. The van der Waals surface area contributed by atoms with Crippen molar-refractivity contribution in [1.29, 1.82) is 0 Å². The Morgan fingerprint density at radius 2 is 2.20 bits per heavy atom. The summed E-state index contributed by atoms with van der Waals surface area (Å²) in [4.78, 5) is 14.9. The minimum atomic E-state index is -0.746. The summed E-state index contributed by atoms with van der Waals surface area (Å²) < 4.78 is 1.04. The van der Waals surface area contributed by atoms with Gasteiger partial charge in [-0.15, -0.1) is 0 Å². The molecule has 1 aromatic carbocycles. The van der Waals surface area contributed by atoms with Gasteiger partial charge in [0.2, 0.25) is 0 Å². The smallest absolute Gasteiger partial charge is 0.303 e. The molecule has 0 bridgehead atoms. The van der Waals surface area contributed by atoms with Crippen molar-refractivity contribution in [2.75, 3.05) is 5.32 Å². The Kier molecular flexibility index (Phi) is 4.95. The number of pyridine rings is 1. The molecule has 2 N–H and O–H groups in total. The van der Waals surface area contributed by atoms with Gasteiger partial charge in [0, 0.05) is 33.9 Å². The first-order valence-electron chi connectivity index (χ1n) is 6.59. The van der Waals surface area contributed by atoms with Crippen molar-refractivity contribution < 1.29 is 9.90 Å². The molecule has 20 heavy (non-hydrogen) atoms. The van der Waals surface area contributed by atoms with Crippen LogP contribution in [0.25, 0.3) is 10.8 Å². The molecule has 0 spiro atoms. The minimum Gasteiger partial charge on any atom is -0.481 e. The van der Waals surface area contributed by atoms with Crippen LogP contribution in [-0.4, -0.2) is 22.1 Å². The van der Waals surface area contributed by atoms with Crippen molar-refractivity contribution in [3.8, 4) is 0 Å². The Bertz CT molecular complexity index is 616. The van der Waals surface area contributed by atoms with E-state index in [4.69, 9.17) is 5.11 Å². The second-order valence-corrected chi connectivity index (χ2v) is 5.68. The van der Waals surface area contributed by atoms with E-state index in [0.29, 0.717) is 6.42 Å². The second-order valence-electron chi connectivity index (χ2n) is 4.83. The van der Waals surface area contributed by atoms with E-state index < -0.39 is 5.97 Å². The Balaban J connectivity index is 2.09. The van der Waals surface area contributed by atoms with Crippen LogP contribution in [0.2, 0.25) is 0 Å². The standard InChI is InChI=1S/C15H17BrN2O2/c1-10(4-2-7-14(19)20)18-15-12-5-3-6-13(16)11(12)8-9-17-15/h3,5-6,8-10H,2,4,7H2,1H3,(H,17,18)(H,19,20). The molecule has 1 atom stereocenters. The molecule has 0 amide bonds. The Hall–Kier alpha value is -1.62. The molecule has 4 nitrogen and oxygen atoms in total. The van der Waals surface area contributed by atoms with Crippen LogP contribution in [0, 0.1) is 0 Å². The first-order valence-corrected chi connectivity index (χ1v) is 7.39. The zero-order valence-corrected chi connectivity index (χ0v) is 12.9. The largest absolute Gasteiger partial charge is 0.481 e. The number of nitrogens with zero attached hydrogens (tertiary/aromatic N) is 1. The van der Waals surface area contributed by atoms with E-state index in [0.717, 1.165) is 27.5 Å². The van der Waals surface area contributed by atoms with Gasteiger partial charge in [-0.1, -0.05) is 28.1 Å². The number of halogens is 1. The number of rotatable bonds is 6. The predicted molar refractivity (Wildman–Crippen MR) is 84.0 cm³/mol. The van der Waals surface area contributed by atoms with E-state index in [2.05, 4.69) is 26.2 Å². The fourth-order valence-corrected chi connectivity index (χ4v) is 2.65. The van der Waals surface area contributed by atoms with E-state index in [1.54, 1.807) is 6.20 Å². The molecular formula is C15H17BrN2O2. The lowest BCUT2D eigenvalue weighted by atomic mass is 10.1. The van der Waals surface area contributed by atoms with Crippen LogP contribution in [0.15, 0.2) is 34.9 Å². The summed E-state index contributed by atoms with van der Waals surface area (Å²) in [5.41, 5.74) is 0. The lowest BCUT2D eigenvalue weighted by Gasteiger charge is -2.15. The van der Waals surface area contributed by atoms with Crippen molar-refractivity contribution in [3.05, 3.63) is 34.9 Å². The van der Waals surface area contributed by atoms with Gasteiger partial charge < -0.3 is 10.4 Å². The number of carbonyl (C=O) groups is 1. The summed E-state index contributed by atoms with van der Waals surface area (Å²) in [6, 6.07) is 8.17. The van der Waals surface area contributed by atoms with Crippen LogP contribution in [0.1, 0.15) is 26.2 Å². The summed E-state index contributed by atoms with van der Waals surface area (Å²) in [5, 5.41) is 14.2. The third-order valence-corrected chi connectivity index (χ3v) is 3.86. The topological polar surface area (TPSA) is 62.2 Å². The van der Waals surface area contributed by atoms with Crippen LogP contribution >= 0.6 is 15.9 Å². The Labute approximate surface area is 126 Å². The number of carboxylic acid groups (broad SMARTS) is 1. The van der Waals surface area contributed by atoms with Crippen molar-refractivity contribution in [3.63, 3.8) is 0 Å². The number of fused-ring (bicyclic) bond motifs is 1. The molecule has 2 aromatic rings. The van der Waals surface area contributed by atoms with E-state index in [-0.39, 0.29) is 12.5 Å². The Morgan fingerprint density at radius 1 is 1.40 bits per heavy atom. The molecule has 0 aliphatic carbocycles. The molecular weight excluding hydrogens is 320 g/mol. The normalized spacial score (nSPS) is 12.3. The van der Waals surface area contributed by atoms with Gasteiger partial charge in [-0.2, -0.15) is 0 Å². The van der Waals surface area contributed by atoms with Crippen LogP contribution in [0.3, 0.4) is 0 Å².